The number of aliphatic hydroxyl groups is 1. The molecule has 0 saturated carbocycles. The predicted octanol–water partition coefficient (Wildman–Crippen LogP) is 6.63. The molecule has 1 amide bonds. The summed E-state index contributed by atoms with van der Waals surface area (Å²) in [6.07, 6.45) is -0.753. The highest BCUT2D eigenvalue weighted by molar-refractivity contribution is 7.88. The molecular formula is C43H39F4NO12S. The van der Waals surface area contributed by atoms with E-state index in [1.165, 1.54) is 48.2 Å². The van der Waals surface area contributed by atoms with Gasteiger partial charge in [-0.05, 0) is 78.6 Å². The maximum absolute atomic E-state index is 14.2. The second kappa shape index (κ2) is 19.3. The molecule has 1 heterocycles. The maximum Gasteiger partial charge on any atom is 0.534 e. The van der Waals surface area contributed by atoms with Gasteiger partial charge in [0.15, 0.2) is 5.60 Å². The van der Waals surface area contributed by atoms with E-state index in [0.717, 1.165) is 31.5 Å². The Bertz CT molecular complexity index is 2380. The maximum atomic E-state index is 14.2. The number of nitrogens with zero attached hydrogens (tertiary/aromatic N) is 1. The van der Waals surface area contributed by atoms with Crippen LogP contribution in [0.5, 0.6) is 11.5 Å². The fourth-order valence-electron chi connectivity index (χ4n) is 6.28. The van der Waals surface area contributed by atoms with Crippen LogP contribution in [-0.4, -0.2) is 61.7 Å². The van der Waals surface area contributed by atoms with Crippen molar-refractivity contribution in [2.45, 2.75) is 63.5 Å². The van der Waals surface area contributed by atoms with Crippen LogP contribution in [0.15, 0.2) is 97.1 Å². The second-order valence-corrected chi connectivity index (χ2v) is 15.4. The molecule has 1 fully saturated rings. The highest BCUT2D eigenvalue weighted by Crippen LogP contribution is 2.49. The van der Waals surface area contributed by atoms with Crippen molar-refractivity contribution < 1.29 is 73.4 Å². The third kappa shape index (κ3) is 12.1. The quantitative estimate of drug-likeness (QED) is 0.0243. The zero-order valence-corrected chi connectivity index (χ0v) is 33.6. The van der Waals surface area contributed by atoms with Crippen LogP contribution in [0, 0.1) is 23.6 Å². The lowest BCUT2D eigenvalue weighted by Gasteiger charge is -2.48. The third-order valence-electron chi connectivity index (χ3n) is 9.14. The van der Waals surface area contributed by atoms with Gasteiger partial charge in [-0.25, -0.2) is 4.39 Å². The molecule has 1 N–H and O–H groups in total. The Morgan fingerprint density at radius 1 is 0.852 bits per heavy atom. The molecule has 0 spiro atoms. The van der Waals surface area contributed by atoms with Gasteiger partial charge in [0.2, 0.25) is 5.91 Å². The highest BCUT2D eigenvalue weighted by atomic mass is 32.2. The number of esters is 3. The molecule has 61 heavy (non-hydrogen) atoms. The number of rotatable bonds is 16. The predicted molar refractivity (Wildman–Crippen MR) is 208 cm³/mol. The van der Waals surface area contributed by atoms with E-state index in [1.807, 2.05) is 18.2 Å². The molecule has 1 aliphatic heterocycles. The summed E-state index contributed by atoms with van der Waals surface area (Å²) in [6, 6.07) is 22.4. The van der Waals surface area contributed by atoms with E-state index in [9.17, 15) is 50.3 Å². The number of carbonyl (C=O) groups is 4. The van der Waals surface area contributed by atoms with Gasteiger partial charge >= 0.3 is 33.5 Å². The molecule has 1 saturated heterocycles. The fraction of sp³-hybridized carbons (Fsp3) is 0.302. The van der Waals surface area contributed by atoms with E-state index in [0.29, 0.717) is 11.1 Å². The van der Waals surface area contributed by atoms with Crippen molar-refractivity contribution in [2.75, 3.05) is 18.1 Å². The summed E-state index contributed by atoms with van der Waals surface area (Å²) < 4.78 is 102. The molecule has 1 aliphatic rings. The van der Waals surface area contributed by atoms with Gasteiger partial charge in [-0.1, -0.05) is 54.3 Å². The van der Waals surface area contributed by atoms with Crippen LogP contribution in [0.3, 0.4) is 0 Å². The van der Waals surface area contributed by atoms with Crippen LogP contribution in [0.4, 0.5) is 23.2 Å². The topological polar surface area (TPSA) is 172 Å². The molecule has 2 unspecified atom stereocenters. The molecule has 3 atom stereocenters. The Morgan fingerprint density at radius 2 is 1.48 bits per heavy atom. The van der Waals surface area contributed by atoms with Crippen LogP contribution < -0.4 is 13.8 Å². The van der Waals surface area contributed by atoms with Crippen molar-refractivity contribution in [2.24, 2.45) is 5.92 Å². The van der Waals surface area contributed by atoms with E-state index in [4.69, 9.17) is 18.9 Å². The van der Waals surface area contributed by atoms with Crippen molar-refractivity contribution in [3.05, 3.63) is 125 Å². The minimum absolute atomic E-state index is 0.0630. The molecule has 0 bridgehead atoms. The van der Waals surface area contributed by atoms with Crippen molar-refractivity contribution >= 4 is 39.6 Å². The van der Waals surface area contributed by atoms with Gasteiger partial charge < -0.3 is 33.1 Å². The average molecular weight is 870 g/mol. The number of halogens is 4. The van der Waals surface area contributed by atoms with Gasteiger partial charge in [0.05, 0.1) is 12.0 Å². The van der Waals surface area contributed by atoms with Crippen LogP contribution in [0.1, 0.15) is 68.0 Å². The monoisotopic (exact) mass is 869 g/mol. The smallest absolute Gasteiger partial charge is 0.489 e. The van der Waals surface area contributed by atoms with E-state index in [-0.39, 0.29) is 36.4 Å². The average Bonchev–Trinajstić information content (AvgIpc) is 3.20. The van der Waals surface area contributed by atoms with E-state index < -0.39 is 87.9 Å². The van der Waals surface area contributed by atoms with Crippen LogP contribution in [0.2, 0.25) is 0 Å². The third-order valence-corrected chi connectivity index (χ3v) is 10.1. The molecule has 5 rings (SSSR count). The standard InChI is InChI=1S/C43H39F4NO12S/c1-27(49)57-25-42(53,26-58-28(2)50)22-21-30-9-19-39(56-24-31-7-5-4-6-8-31)37(23-30)40-36(18-20-38(59-29(3)51)32-10-12-33(44)13-11-32)41(52)48(40)34-14-16-35(17-15-34)60-61(54,55)43(45,46)47/h4-17,19,23,36,38,40,53H,18,20,24-26H2,1-3H3/t36?,38-,40?/m0/s1. The van der Waals surface area contributed by atoms with Crippen LogP contribution in [-0.2, 0) is 50.1 Å². The molecule has 4 aromatic carbocycles. The minimum Gasteiger partial charge on any atom is -0.489 e. The van der Waals surface area contributed by atoms with Crippen LogP contribution >= 0.6 is 0 Å². The number of hydrogen-bond donors (Lipinski definition) is 1. The lowest BCUT2D eigenvalue weighted by Crippen LogP contribution is -2.55. The summed E-state index contributed by atoms with van der Waals surface area (Å²) in [4.78, 5) is 50.8. The van der Waals surface area contributed by atoms with Gasteiger partial charge in [0.25, 0.3) is 0 Å². The molecule has 4 aromatic rings. The number of benzene rings is 4. The summed E-state index contributed by atoms with van der Waals surface area (Å²) in [7, 11) is -6.00. The Morgan fingerprint density at radius 3 is 2.05 bits per heavy atom. The lowest BCUT2D eigenvalue weighted by atomic mass is 9.77. The highest BCUT2D eigenvalue weighted by Gasteiger charge is 2.51. The largest absolute Gasteiger partial charge is 0.534 e. The van der Waals surface area contributed by atoms with E-state index >= 15 is 0 Å². The first kappa shape index (κ1) is 45.6. The number of carbonyl (C=O) groups excluding carboxylic acids is 4. The lowest BCUT2D eigenvalue weighted by molar-refractivity contribution is -0.154. The van der Waals surface area contributed by atoms with Gasteiger partial charge in [0, 0.05) is 37.6 Å². The van der Waals surface area contributed by atoms with Gasteiger partial charge in [-0.2, -0.15) is 21.6 Å². The molecule has 18 heteroatoms. The zero-order valence-electron chi connectivity index (χ0n) is 32.8. The number of alkyl halides is 3. The van der Waals surface area contributed by atoms with Gasteiger partial charge in [-0.15, -0.1) is 0 Å². The fourth-order valence-corrected chi connectivity index (χ4v) is 6.74. The van der Waals surface area contributed by atoms with E-state index in [2.05, 4.69) is 16.0 Å². The first-order chi connectivity index (χ1) is 28.7. The SMILES string of the molecule is CC(=O)OCC(O)(C#Cc1ccc(OCc2ccccc2)c(C2C(CC[C@H](OC(C)=O)c3ccc(F)cc3)C(=O)N2c2ccc(OS(=O)(=O)C(F)(F)F)cc2)c1)COC(C)=O. The van der Waals surface area contributed by atoms with Crippen LogP contribution in [0.25, 0.3) is 0 Å². The summed E-state index contributed by atoms with van der Waals surface area (Å²) >= 11 is 0. The molecule has 0 aromatic heterocycles. The summed E-state index contributed by atoms with van der Waals surface area (Å²) in [6.45, 7) is 2.19. The zero-order chi connectivity index (χ0) is 44.5. The minimum atomic E-state index is -6.00. The number of β-lactam (4-membered cyclic amide) rings is 1. The number of anilines is 1. The summed E-state index contributed by atoms with van der Waals surface area (Å²) in [5, 5.41) is 11.2. The van der Waals surface area contributed by atoms with Gasteiger partial charge in [-0.3, -0.25) is 19.2 Å². The van der Waals surface area contributed by atoms with Crippen molar-refractivity contribution in [3.63, 3.8) is 0 Å². The van der Waals surface area contributed by atoms with Crippen molar-refractivity contribution in [1.82, 2.24) is 0 Å². The van der Waals surface area contributed by atoms with Crippen molar-refractivity contribution in [3.8, 4) is 23.3 Å². The first-order valence-electron chi connectivity index (χ1n) is 18.4. The second-order valence-electron chi connectivity index (χ2n) is 13.8. The van der Waals surface area contributed by atoms with Crippen molar-refractivity contribution in [1.29, 1.82) is 0 Å². The molecule has 0 aliphatic carbocycles. The number of amides is 1. The summed E-state index contributed by atoms with van der Waals surface area (Å²) in [5.41, 5.74) is -5.87. The number of ether oxygens (including phenoxy) is 4. The first-order valence-corrected chi connectivity index (χ1v) is 19.9. The summed E-state index contributed by atoms with van der Waals surface area (Å²) in [5.74, 6) is 1.000. The van der Waals surface area contributed by atoms with Gasteiger partial charge in [0.1, 0.15) is 43.2 Å². The molecule has 0 radical (unpaired) electrons. The number of hydrogen-bond acceptors (Lipinski definition) is 12. The normalized spacial score (nSPS) is 15.7. The Hall–Kier alpha value is -6.45. The molecular weight excluding hydrogens is 831 g/mol. The van der Waals surface area contributed by atoms with E-state index in [1.54, 1.807) is 30.3 Å². The Kier molecular flexibility index (Phi) is 14.4. The Labute approximate surface area is 348 Å². The molecule has 13 nitrogen and oxygen atoms in total. The molecule has 322 valence electrons. The Balaban J connectivity index is 1.60.